The van der Waals surface area contributed by atoms with Gasteiger partial charge in [-0.05, 0) is 36.6 Å². The first-order valence-electron chi connectivity index (χ1n) is 7.75. The number of allylic oxidation sites excluding steroid dienone is 2. The molecule has 0 saturated carbocycles. The minimum atomic E-state index is -0.399. The van der Waals surface area contributed by atoms with Crippen LogP contribution in [0.15, 0.2) is 53.6 Å². The molecule has 0 aliphatic carbocycles. The number of hydrogen-bond acceptors (Lipinski definition) is 4. The SMILES string of the molecule is C=C/C=C(\C=C)C(=O)OCCCN1CCc2cc(Br)cc(C=O)c21. The van der Waals surface area contributed by atoms with E-state index >= 15 is 0 Å². The van der Waals surface area contributed by atoms with Crippen molar-refractivity contribution in [2.45, 2.75) is 12.8 Å². The molecule has 0 aromatic heterocycles. The van der Waals surface area contributed by atoms with E-state index in [0.29, 0.717) is 24.2 Å². The summed E-state index contributed by atoms with van der Waals surface area (Å²) in [5, 5.41) is 0. The molecule has 2 rings (SSSR count). The van der Waals surface area contributed by atoms with Crippen LogP contribution in [0.25, 0.3) is 0 Å². The molecule has 1 aromatic rings. The average molecular weight is 390 g/mol. The van der Waals surface area contributed by atoms with E-state index in [1.165, 1.54) is 17.7 Å². The van der Waals surface area contributed by atoms with Gasteiger partial charge < -0.3 is 9.64 Å². The predicted molar refractivity (Wildman–Crippen MR) is 99.5 cm³/mol. The molecule has 0 N–H and O–H groups in total. The van der Waals surface area contributed by atoms with E-state index in [-0.39, 0.29) is 0 Å². The van der Waals surface area contributed by atoms with E-state index in [4.69, 9.17) is 4.74 Å². The number of ether oxygens (including phenoxy) is 1. The summed E-state index contributed by atoms with van der Waals surface area (Å²) in [5.74, 6) is -0.399. The van der Waals surface area contributed by atoms with Crippen LogP contribution in [0.4, 0.5) is 5.69 Å². The molecule has 1 aliphatic rings. The first-order chi connectivity index (χ1) is 11.6. The minimum absolute atomic E-state index is 0.319. The molecule has 0 unspecified atom stereocenters. The van der Waals surface area contributed by atoms with Crippen LogP contribution in [0, 0.1) is 0 Å². The smallest absolute Gasteiger partial charge is 0.338 e. The van der Waals surface area contributed by atoms with E-state index in [9.17, 15) is 9.59 Å². The summed E-state index contributed by atoms with van der Waals surface area (Å²) >= 11 is 3.43. The molecule has 0 spiro atoms. The van der Waals surface area contributed by atoms with Crippen molar-refractivity contribution in [1.82, 2.24) is 0 Å². The average Bonchev–Trinajstić information content (AvgIpc) is 2.98. The lowest BCUT2D eigenvalue weighted by Gasteiger charge is -2.21. The van der Waals surface area contributed by atoms with Gasteiger partial charge in [0, 0.05) is 23.1 Å². The first kappa shape index (κ1) is 18.2. The third-order valence-corrected chi connectivity index (χ3v) is 4.29. The molecule has 0 fully saturated rings. The Kier molecular flexibility index (Phi) is 6.55. The summed E-state index contributed by atoms with van der Waals surface area (Å²) < 4.78 is 6.16. The summed E-state index contributed by atoms with van der Waals surface area (Å²) in [4.78, 5) is 25.3. The van der Waals surface area contributed by atoms with Crippen LogP contribution in [0.1, 0.15) is 22.3 Å². The highest BCUT2D eigenvalue weighted by atomic mass is 79.9. The third-order valence-electron chi connectivity index (χ3n) is 3.84. The number of aldehydes is 1. The van der Waals surface area contributed by atoms with Crippen molar-refractivity contribution >= 4 is 33.9 Å². The number of benzene rings is 1. The van der Waals surface area contributed by atoms with Gasteiger partial charge in [0.05, 0.1) is 17.9 Å². The summed E-state index contributed by atoms with van der Waals surface area (Å²) in [6.07, 6.45) is 7.04. The second kappa shape index (κ2) is 8.64. The fraction of sp³-hybridized carbons (Fsp3) is 0.263. The minimum Gasteiger partial charge on any atom is -0.462 e. The van der Waals surface area contributed by atoms with Gasteiger partial charge in [0.2, 0.25) is 0 Å². The van der Waals surface area contributed by atoms with Crippen LogP contribution in [0.3, 0.4) is 0 Å². The number of nitrogens with zero attached hydrogens (tertiary/aromatic N) is 1. The Labute approximate surface area is 150 Å². The molecule has 0 radical (unpaired) electrons. The normalized spacial score (nSPS) is 13.4. The highest BCUT2D eigenvalue weighted by Gasteiger charge is 2.22. The van der Waals surface area contributed by atoms with Crippen molar-refractivity contribution in [1.29, 1.82) is 0 Å². The standard InChI is InChI=1S/C19H20BrNO3/c1-3-6-14(4-2)19(23)24-10-5-8-21-9-7-15-11-17(20)12-16(13-22)18(15)21/h3-4,6,11-13H,1-2,5,7-10H2/b14-6+. The second-order valence-electron chi connectivity index (χ2n) is 5.41. The first-order valence-corrected chi connectivity index (χ1v) is 8.54. The number of halogens is 1. The molecule has 126 valence electrons. The number of carbonyl (C=O) groups excluding carboxylic acids is 2. The molecule has 1 aliphatic heterocycles. The lowest BCUT2D eigenvalue weighted by molar-refractivity contribution is -0.138. The molecule has 4 nitrogen and oxygen atoms in total. The summed E-state index contributed by atoms with van der Waals surface area (Å²) in [6, 6.07) is 3.89. The maximum absolute atomic E-state index is 11.8. The number of anilines is 1. The van der Waals surface area contributed by atoms with Crippen molar-refractivity contribution in [2.24, 2.45) is 0 Å². The lowest BCUT2D eigenvalue weighted by atomic mass is 10.1. The molecule has 0 amide bonds. The lowest BCUT2D eigenvalue weighted by Crippen LogP contribution is -2.24. The Morgan fingerprint density at radius 1 is 1.38 bits per heavy atom. The molecule has 1 heterocycles. The Morgan fingerprint density at radius 3 is 2.83 bits per heavy atom. The highest BCUT2D eigenvalue weighted by molar-refractivity contribution is 9.10. The van der Waals surface area contributed by atoms with E-state index in [1.807, 2.05) is 6.07 Å². The van der Waals surface area contributed by atoms with Gasteiger partial charge in [-0.15, -0.1) is 0 Å². The van der Waals surface area contributed by atoms with Crippen LogP contribution >= 0.6 is 15.9 Å². The molecule has 5 heteroatoms. The zero-order chi connectivity index (χ0) is 17.5. The van der Waals surface area contributed by atoms with Crippen molar-refractivity contribution in [3.63, 3.8) is 0 Å². The Hall–Kier alpha value is -2.14. The van der Waals surface area contributed by atoms with Gasteiger partial charge in [-0.25, -0.2) is 4.79 Å². The van der Waals surface area contributed by atoms with Crippen LogP contribution < -0.4 is 4.90 Å². The molecule has 1 aromatic carbocycles. The molecule has 0 bridgehead atoms. The largest absolute Gasteiger partial charge is 0.462 e. The van der Waals surface area contributed by atoms with Gasteiger partial charge in [0.1, 0.15) is 0 Å². The quantitative estimate of drug-likeness (QED) is 0.222. The molecule has 0 saturated heterocycles. The van der Waals surface area contributed by atoms with E-state index in [2.05, 4.69) is 40.1 Å². The summed E-state index contributed by atoms with van der Waals surface area (Å²) in [5.41, 5.74) is 3.26. The summed E-state index contributed by atoms with van der Waals surface area (Å²) in [6.45, 7) is 9.06. The maximum atomic E-state index is 11.8. The van der Waals surface area contributed by atoms with Gasteiger partial charge in [-0.2, -0.15) is 0 Å². The number of esters is 1. The van der Waals surface area contributed by atoms with Crippen molar-refractivity contribution in [3.05, 3.63) is 64.7 Å². The van der Waals surface area contributed by atoms with Gasteiger partial charge in [-0.1, -0.05) is 41.2 Å². The topological polar surface area (TPSA) is 46.6 Å². The zero-order valence-electron chi connectivity index (χ0n) is 13.5. The number of rotatable bonds is 8. The number of carbonyl (C=O) groups is 2. The number of hydrogen-bond donors (Lipinski definition) is 0. The highest BCUT2D eigenvalue weighted by Crippen LogP contribution is 2.33. The predicted octanol–water partition coefficient (Wildman–Crippen LogP) is 3.86. The molecular weight excluding hydrogens is 370 g/mol. The van der Waals surface area contributed by atoms with E-state index in [1.54, 1.807) is 6.08 Å². The maximum Gasteiger partial charge on any atom is 0.338 e. The third kappa shape index (κ3) is 4.23. The Morgan fingerprint density at radius 2 is 2.17 bits per heavy atom. The van der Waals surface area contributed by atoms with E-state index in [0.717, 1.165) is 36.0 Å². The monoisotopic (exact) mass is 389 g/mol. The van der Waals surface area contributed by atoms with Gasteiger partial charge >= 0.3 is 5.97 Å². The fourth-order valence-electron chi connectivity index (χ4n) is 2.79. The van der Waals surface area contributed by atoms with Gasteiger partial charge in [0.15, 0.2) is 6.29 Å². The van der Waals surface area contributed by atoms with Crippen molar-refractivity contribution < 1.29 is 14.3 Å². The molecular formula is C19H20BrNO3. The van der Waals surface area contributed by atoms with Crippen LogP contribution in [0.5, 0.6) is 0 Å². The van der Waals surface area contributed by atoms with Crippen LogP contribution in [-0.4, -0.2) is 32.0 Å². The zero-order valence-corrected chi connectivity index (χ0v) is 15.0. The van der Waals surface area contributed by atoms with Crippen molar-refractivity contribution in [2.75, 3.05) is 24.6 Å². The molecule has 24 heavy (non-hydrogen) atoms. The molecule has 0 atom stereocenters. The number of fused-ring (bicyclic) bond motifs is 1. The Bertz CT molecular complexity index is 694. The van der Waals surface area contributed by atoms with Crippen LogP contribution in [0.2, 0.25) is 0 Å². The fourth-order valence-corrected chi connectivity index (χ4v) is 3.31. The van der Waals surface area contributed by atoms with E-state index < -0.39 is 5.97 Å². The van der Waals surface area contributed by atoms with Gasteiger partial charge in [-0.3, -0.25) is 4.79 Å². The van der Waals surface area contributed by atoms with Crippen LogP contribution in [-0.2, 0) is 16.0 Å². The van der Waals surface area contributed by atoms with Gasteiger partial charge in [0.25, 0.3) is 0 Å². The Balaban J connectivity index is 1.91. The second-order valence-corrected chi connectivity index (χ2v) is 6.32. The summed E-state index contributed by atoms with van der Waals surface area (Å²) in [7, 11) is 0. The van der Waals surface area contributed by atoms with Crippen molar-refractivity contribution in [3.8, 4) is 0 Å².